The molecule has 7 nitrogen and oxygen atoms in total. The van der Waals surface area contributed by atoms with E-state index in [1.54, 1.807) is 24.3 Å². The highest BCUT2D eigenvalue weighted by molar-refractivity contribution is 7.89. The SMILES string of the molecule is O=C(Cc1noc2ccccc12)N1CCN(S(=O)(=O)c2ccc(F)c(F)c2F)CC1. The van der Waals surface area contributed by atoms with E-state index >= 15 is 0 Å². The van der Waals surface area contributed by atoms with Crippen molar-refractivity contribution in [3.8, 4) is 0 Å². The van der Waals surface area contributed by atoms with Gasteiger partial charge >= 0.3 is 0 Å². The minimum Gasteiger partial charge on any atom is -0.356 e. The average Bonchev–Trinajstić information content (AvgIpc) is 3.15. The molecule has 1 saturated heterocycles. The normalized spacial score (nSPS) is 15.6. The molecular weight excluding hydrogens is 423 g/mol. The summed E-state index contributed by atoms with van der Waals surface area (Å²) in [5, 5.41) is 4.64. The molecule has 1 aromatic heterocycles. The van der Waals surface area contributed by atoms with Crippen LogP contribution in [-0.2, 0) is 21.2 Å². The number of piperazine rings is 1. The average molecular weight is 439 g/mol. The molecule has 4 rings (SSSR count). The van der Waals surface area contributed by atoms with Crippen molar-refractivity contribution in [1.82, 2.24) is 14.4 Å². The number of para-hydroxylation sites is 1. The van der Waals surface area contributed by atoms with Crippen LogP contribution < -0.4 is 0 Å². The Labute approximate surface area is 169 Å². The van der Waals surface area contributed by atoms with Crippen LogP contribution in [0.4, 0.5) is 13.2 Å². The molecular formula is C19H16F3N3O4S. The van der Waals surface area contributed by atoms with Crippen LogP contribution in [0.25, 0.3) is 11.0 Å². The van der Waals surface area contributed by atoms with Crippen molar-refractivity contribution in [2.24, 2.45) is 0 Å². The van der Waals surface area contributed by atoms with Crippen molar-refractivity contribution in [3.05, 3.63) is 59.5 Å². The first kappa shape index (κ1) is 20.4. The molecule has 0 bridgehead atoms. The first-order valence-corrected chi connectivity index (χ1v) is 10.5. The number of hydrogen-bond donors (Lipinski definition) is 0. The molecule has 2 aromatic carbocycles. The first-order chi connectivity index (χ1) is 14.3. The van der Waals surface area contributed by atoms with Crippen LogP contribution in [0.1, 0.15) is 5.69 Å². The number of halogens is 3. The number of carbonyl (C=O) groups is 1. The summed E-state index contributed by atoms with van der Waals surface area (Å²) in [6.45, 7) is -0.0730. The molecule has 30 heavy (non-hydrogen) atoms. The van der Waals surface area contributed by atoms with Gasteiger partial charge in [0.1, 0.15) is 10.6 Å². The summed E-state index contributed by atoms with van der Waals surface area (Å²) in [5.74, 6) is -5.33. The van der Waals surface area contributed by atoms with Gasteiger partial charge in [-0.25, -0.2) is 21.6 Å². The Morgan fingerprint density at radius 3 is 2.43 bits per heavy atom. The van der Waals surface area contributed by atoms with Crippen molar-refractivity contribution in [2.75, 3.05) is 26.2 Å². The van der Waals surface area contributed by atoms with Gasteiger partial charge in [0, 0.05) is 31.6 Å². The highest BCUT2D eigenvalue weighted by atomic mass is 32.2. The number of fused-ring (bicyclic) bond motifs is 1. The molecule has 0 atom stereocenters. The second-order valence-electron chi connectivity index (χ2n) is 6.76. The minimum atomic E-state index is -4.37. The number of benzene rings is 2. The van der Waals surface area contributed by atoms with E-state index in [0.717, 1.165) is 9.69 Å². The van der Waals surface area contributed by atoms with Gasteiger partial charge in [0.25, 0.3) is 0 Å². The summed E-state index contributed by atoms with van der Waals surface area (Å²) in [6, 6.07) is 8.36. The predicted octanol–water partition coefficient (Wildman–Crippen LogP) is 2.32. The van der Waals surface area contributed by atoms with Gasteiger partial charge in [0.2, 0.25) is 15.9 Å². The number of sulfonamides is 1. The number of amides is 1. The maximum Gasteiger partial charge on any atom is 0.246 e. The molecule has 1 aliphatic heterocycles. The molecule has 0 aliphatic carbocycles. The first-order valence-electron chi connectivity index (χ1n) is 9.04. The zero-order valence-corrected chi connectivity index (χ0v) is 16.3. The Morgan fingerprint density at radius 2 is 1.70 bits per heavy atom. The van der Waals surface area contributed by atoms with Crippen molar-refractivity contribution >= 4 is 26.9 Å². The van der Waals surface area contributed by atoms with Crippen LogP contribution in [0.15, 0.2) is 45.8 Å². The Hall–Kier alpha value is -2.92. The topological polar surface area (TPSA) is 83.7 Å². The van der Waals surface area contributed by atoms with Crippen LogP contribution in [0.5, 0.6) is 0 Å². The molecule has 0 spiro atoms. The smallest absolute Gasteiger partial charge is 0.246 e. The minimum absolute atomic E-state index is 0.0123. The van der Waals surface area contributed by atoms with Gasteiger partial charge in [-0.3, -0.25) is 4.79 Å². The molecule has 158 valence electrons. The van der Waals surface area contributed by atoms with Crippen LogP contribution >= 0.6 is 0 Å². The van der Waals surface area contributed by atoms with Crippen LogP contribution in [0, 0.1) is 17.5 Å². The molecule has 0 unspecified atom stereocenters. The molecule has 1 aliphatic rings. The summed E-state index contributed by atoms with van der Waals surface area (Å²) in [5.41, 5.74) is 1.04. The second kappa shape index (κ2) is 7.73. The number of nitrogens with zero attached hydrogens (tertiary/aromatic N) is 3. The molecule has 1 amide bonds. The van der Waals surface area contributed by atoms with E-state index in [-0.39, 0.29) is 38.5 Å². The Bertz CT molecular complexity index is 1220. The van der Waals surface area contributed by atoms with Crippen molar-refractivity contribution in [3.63, 3.8) is 0 Å². The number of carbonyl (C=O) groups excluding carboxylic acids is 1. The largest absolute Gasteiger partial charge is 0.356 e. The maximum atomic E-state index is 14.0. The number of aromatic nitrogens is 1. The van der Waals surface area contributed by atoms with Gasteiger partial charge in [-0.15, -0.1) is 0 Å². The lowest BCUT2D eigenvalue weighted by atomic mass is 10.1. The molecule has 3 aromatic rings. The fourth-order valence-corrected chi connectivity index (χ4v) is 4.82. The third-order valence-corrected chi connectivity index (χ3v) is 6.90. The van der Waals surface area contributed by atoms with Gasteiger partial charge in [-0.1, -0.05) is 17.3 Å². The lowest BCUT2D eigenvalue weighted by Crippen LogP contribution is -2.51. The van der Waals surface area contributed by atoms with Gasteiger partial charge in [-0.05, 0) is 24.3 Å². The maximum absolute atomic E-state index is 14.0. The summed E-state index contributed by atoms with van der Waals surface area (Å²) in [7, 11) is -4.37. The van der Waals surface area contributed by atoms with E-state index in [1.165, 1.54) is 4.90 Å². The Balaban J connectivity index is 1.44. The van der Waals surface area contributed by atoms with E-state index < -0.39 is 32.4 Å². The lowest BCUT2D eigenvalue weighted by Gasteiger charge is -2.34. The van der Waals surface area contributed by atoms with Crippen molar-refractivity contribution in [1.29, 1.82) is 0 Å². The van der Waals surface area contributed by atoms with Crippen molar-refractivity contribution < 1.29 is 30.9 Å². The quantitative estimate of drug-likeness (QED) is 0.583. The molecule has 1 fully saturated rings. The highest BCUT2D eigenvalue weighted by Crippen LogP contribution is 2.24. The summed E-state index contributed by atoms with van der Waals surface area (Å²) < 4.78 is 71.9. The van der Waals surface area contributed by atoms with Gasteiger partial charge in [0.15, 0.2) is 23.0 Å². The molecule has 0 radical (unpaired) electrons. The molecule has 0 saturated carbocycles. The molecule has 2 heterocycles. The Kier molecular flexibility index (Phi) is 5.24. The van der Waals surface area contributed by atoms with Crippen LogP contribution in [-0.4, -0.2) is 54.9 Å². The summed E-state index contributed by atoms with van der Waals surface area (Å²) >= 11 is 0. The Morgan fingerprint density at radius 1 is 1.00 bits per heavy atom. The lowest BCUT2D eigenvalue weighted by molar-refractivity contribution is -0.131. The number of hydrogen-bond acceptors (Lipinski definition) is 5. The molecule has 11 heteroatoms. The van der Waals surface area contributed by atoms with Crippen LogP contribution in [0.3, 0.4) is 0 Å². The third-order valence-electron chi connectivity index (χ3n) is 4.98. The zero-order chi connectivity index (χ0) is 21.5. The van der Waals surface area contributed by atoms with Gasteiger partial charge in [-0.2, -0.15) is 4.31 Å². The fraction of sp³-hybridized carbons (Fsp3) is 0.263. The van der Waals surface area contributed by atoms with Gasteiger partial charge < -0.3 is 9.42 Å². The van der Waals surface area contributed by atoms with Crippen LogP contribution in [0.2, 0.25) is 0 Å². The van der Waals surface area contributed by atoms with E-state index in [2.05, 4.69) is 5.16 Å². The van der Waals surface area contributed by atoms with Crippen molar-refractivity contribution in [2.45, 2.75) is 11.3 Å². The zero-order valence-electron chi connectivity index (χ0n) is 15.5. The fourth-order valence-electron chi connectivity index (χ4n) is 3.34. The second-order valence-corrected chi connectivity index (χ2v) is 8.67. The van der Waals surface area contributed by atoms with E-state index in [9.17, 15) is 26.4 Å². The predicted molar refractivity (Wildman–Crippen MR) is 99.4 cm³/mol. The monoisotopic (exact) mass is 439 g/mol. The van der Waals surface area contributed by atoms with E-state index in [4.69, 9.17) is 4.52 Å². The van der Waals surface area contributed by atoms with Gasteiger partial charge in [0.05, 0.1) is 6.42 Å². The van der Waals surface area contributed by atoms with E-state index in [0.29, 0.717) is 23.4 Å². The summed E-state index contributed by atoms with van der Waals surface area (Å²) in [6.07, 6.45) is -0.0123. The number of rotatable bonds is 4. The van der Waals surface area contributed by atoms with E-state index in [1.807, 2.05) is 0 Å². The molecule has 0 N–H and O–H groups in total. The third kappa shape index (κ3) is 3.54. The summed E-state index contributed by atoms with van der Waals surface area (Å²) in [4.78, 5) is 13.1. The highest BCUT2D eigenvalue weighted by Gasteiger charge is 2.33. The standard InChI is InChI=1S/C19H16F3N3O4S/c20-13-5-6-16(19(22)18(13)21)30(27,28)25-9-7-24(8-10-25)17(26)11-14-12-3-1-2-4-15(12)29-23-14/h1-6H,7-11H2.